The van der Waals surface area contributed by atoms with Gasteiger partial charge in [0.25, 0.3) is 0 Å². The molecule has 0 aromatic rings. The monoisotopic (exact) mass is 242 g/mol. The molecule has 2 rings (SSSR count). The van der Waals surface area contributed by atoms with E-state index in [1.807, 2.05) is 4.90 Å². The fourth-order valence-electron chi connectivity index (χ4n) is 2.26. The Labute approximate surface area is 102 Å². The number of carbonyl (C=O) groups excluding carboxylic acids is 1. The van der Waals surface area contributed by atoms with E-state index in [-0.39, 0.29) is 12.0 Å². The number of hydrogen-bond acceptors (Lipinski definition) is 4. The lowest BCUT2D eigenvalue weighted by Crippen LogP contribution is -2.43. The first-order valence-corrected chi connectivity index (χ1v) is 6.54. The minimum atomic E-state index is 0.193. The fraction of sp³-hybridized carbons (Fsp3) is 0.917. The van der Waals surface area contributed by atoms with Crippen molar-refractivity contribution in [2.24, 2.45) is 0 Å². The third-order valence-electron chi connectivity index (χ3n) is 3.33. The van der Waals surface area contributed by atoms with E-state index in [4.69, 9.17) is 9.47 Å². The van der Waals surface area contributed by atoms with Crippen molar-refractivity contribution in [3.05, 3.63) is 0 Å². The molecule has 2 heterocycles. The third-order valence-corrected chi connectivity index (χ3v) is 3.33. The van der Waals surface area contributed by atoms with Gasteiger partial charge in [-0.1, -0.05) is 0 Å². The Morgan fingerprint density at radius 3 is 2.82 bits per heavy atom. The highest BCUT2D eigenvalue weighted by molar-refractivity contribution is 5.78. The number of ether oxygens (including phenoxy) is 2. The summed E-state index contributed by atoms with van der Waals surface area (Å²) in [5, 5.41) is 3.18. The molecule has 0 spiro atoms. The molecule has 2 aliphatic rings. The van der Waals surface area contributed by atoms with Crippen molar-refractivity contribution in [2.75, 3.05) is 39.6 Å². The molecular weight excluding hydrogens is 220 g/mol. The summed E-state index contributed by atoms with van der Waals surface area (Å²) in [5.74, 6) is 0.219. The SMILES string of the molecule is O=C(CNCC1CCOCO1)N1CCCCC1. The van der Waals surface area contributed by atoms with Gasteiger partial charge in [-0.3, -0.25) is 4.79 Å². The standard InChI is InChI=1S/C12H22N2O3/c15-12(14-5-2-1-3-6-14)9-13-8-11-4-7-16-10-17-11/h11,13H,1-10H2. The van der Waals surface area contributed by atoms with Crippen LogP contribution in [0.15, 0.2) is 0 Å². The summed E-state index contributed by atoms with van der Waals surface area (Å²) in [5.41, 5.74) is 0. The minimum Gasteiger partial charge on any atom is -0.355 e. The fourth-order valence-corrected chi connectivity index (χ4v) is 2.26. The van der Waals surface area contributed by atoms with Crippen molar-refractivity contribution < 1.29 is 14.3 Å². The lowest BCUT2D eigenvalue weighted by molar-refractivity contribution is -0.138. The van der Waals surface area contributed by atoms with Crippen LogP contribution in [0.25, 0.3) is 0 Å². The molecule has 1 unspecified atom stereocenters. The van der Waals surface area contributed by atoms with Crippen LogP contribution in [0.1, 0.15) is 25.7 Å². The van der Waals surface area contributed by atoms with Gasteiger partial charge in [-0.15, -0.1) is 0 Å². The number of likely N-dealkylation sites (tertiary alicyclic amines) is 1. The first-order valence-electron chi connectivity index (χ1n) is 6.54. The lowest BCUT2D eigenvalue weighted by atomic mass is 10.1. The zero-order valence-electron chi connectivity index (χ0n) is 10.3. The third kappa shape index (κ3) is 4.26. The van der Waals surface area contributed by atoms with Crippen LogP contribution in [0, 0.1) is 0 Å². The van der Waals surface area contributed by atoms with Crippen LogP contribution in [0.4, 0.5) is 0 Å². The van der Waals surface area contributed by atoms with Gasteiger partial charge >= 0.3 is 0 Å². The topological polar surface area (TPSA) is 50.8 Å². The summed E-state index contributed by atoms with van der Waals surface area (Å²) in [6, 6.07) is 0. The lowest BCUT2D eigenvalue weighted by Gasteiger charge is -2.27. The highest BCUT2D eigenvalue weighted by Crippen LogP contribution is 2.08. The predicted octanol–water partition coefficient (Wildman–Crippen LogP) is 0.351. The minimum absolute atomic E-state index is 0.193. The van der Waals surface area contributed by atoms with Crippen molar-refractivity contribution in [3.8, 4) is 0 Å². The Hall–Kier alpha value is -0.650. The zero-order chi connectivity index (χ0) is 11.9. The number of nitrogens with one attached hydrogen (secondary N) is 1. The van der Waals surface area contributed by atoms with Gasteiger partial charge in [0.1, 0.15) is 6.79 Å². The second kappa shape index (κ2) is 6.93. The number of rotatable bonds is 4. The largest absolute Gasteiger partial charge is 0.355 e. The molecule has 0 aliphatic carbocycles. The average molecular weight is 242 g/mol. The van der Waals surface area contributed by atoms with Crippen LogP contribution < -0.4 is 5.32 Å². The highest BCUT2D eigenvalue weighted by Gasteiger charge is 2.17. The van der Waals surface area contributed by atoms with Crippen LogP contribution in [0.5, 0.6) is 0 Å². The van der Waals surface area contributed by atoms with Crippen molar-refractivity contribution in [3.63, 3.8) is 0 Å². The summed E-state index contributed by atoms with van der Waals surface area (Å²) in [6.45, 7) is 4.16. The Balaban J connectivity index is 1.58. The Bertz CT molecular complexity index is 236. The van der Waals surface area contributed by atoms with Crippen LogP contribution in [-0.2, 0) is 14.3 Å². The molecule has 17 heavy (non-hydrogen) atoms. The van der Waals surface area contributed by atoms with Crippen LogP contribution >= 0.6 is 0 Å². The summed E-state index contributed by atoms with van der Waals surface area (Å²) in [4.78, 5) is 13.8. The molecule has 1 N–H and O–H groups in total. The molecule has 0 aromatic carbocycles. The highest BCUT2D eigenvalue weighted by atomic mass is 16.7. The van der Waals surface area contributed by atoms with Crippen molar-refractivity contribution >= 4 is 5.91 Å². The number of nitrogens with zero attached hydrogens (tertiary/aromatic N) is 1. The first kappa shape index (κ1) is 12.8. The van der Waals surface area contributed by atoms with Crippen molar-refractivity contribution in [1.82, 2.24) is 10.2 Å². The maximum Gasteiger partial charge on any atom is 0.236 e. The van der Waals surface area contributed by atoms with Crippen molar-refractivity contribution in [1.29, 1.82) is 0 Å². The molecule has 0 saturated carbocycles. The van der Waals surface area contributed by atoms with Gasteiger partial charge in [0, 0.05) is 19.6 Å². The zero-order valence-corrected chi connectivity index (χ0v) is 10.3. The van der Waals surface area contributed by atoms with E-state index >= 15 is 0 Å². The van der Waals surface area contributed by atoms with E-state index in [0.717, 1.165) is 45.5 Å². The van der Waals surface area contributed by atoms with E-state index < -0.39 is 0 Å². The van der Waals surface area contributed by atoms with Gasteiger partial charge in [-0.05, 0) is 25.7 Å². The Morgan fingerprint density at radius 1 is 1.29 bits per heavy atom. The molecule has 5 heteroatoms. The van der Waals surface area contributed by atoms with Crippen molar-refractivity contribution in [2.45, 2.75) is 31.8 Å². The van der Waals surface area contributed by atoms with Gasteiger partial charge in [-0.25, -0.2) is 0 Å². The summed E-state index contributed by atoms with van der Waals surface area (Å²) in [7, 11) is 0. The first-order chi connectivity index (χ1) is 8.36. The number of hydrogen-bond donors (Lipinski definition) is 1. The maximum absolute atomic E-state index is 11.8. The molecule has 2 aliphatic heterocycles. The molecule has 1 amide bonds. The molecular formula is C12H22N2O3. The van der Waals surface area contributed by atoms with Crippen LogP contribution in [-0.4, -0.2) is 56.5 Å². The molecule has 98 valence electrons. The summed E-state index contributed by atoms with van der Waals surface area (Å²) < 4.78 is 10.5. The molecule has 2 saturated heterocycles. The van der Waals surface area contributed by atoms with Gasteiger partial charge < -0.3 is 19.7 Å². The Morgan fingerprint density at radius 2 is 2.12 bits per heavy atom. The normalized spacial score (nSPS) is 25.9. The predicted molar refractivity (Wildman–Crippen MR) is 63.6 cm³/mol. The molecule has 2 fully saturated rings. The molecule has 0 bridgehead atoms. The second-order valence-corrected chi connectivity index (χ2v) is 4.68. The van der Waals surface area contributed by atoms with E-state index in [2.05, 4.69) is 5.32 Å². The molecule has 0 radical (unpaired) electrons. The van der Waals surface area contributed by atoms with Gasteiger partial charge in [-0.2, -0.15) is 0 Å². The number of amides is 1. The second-order valence-electron chi connectivity index (χ2n) is 4.68. The Kier molecular flexibility index (Phi) is 5.22. The molecule has 5 nitrogen and oxygen atoms in total. The van der Waals surface area contributed by atoms with E-state index in [1.54, 1.807) is 0 Å². The van der Waals surface area contributed by atoms with Crippen LogP contribution in [0.3, 0.4) is 0 Å². The summed E-state index contributed by atoms with van der Waals surface area (Å²) >= 11 is 0. The average Bonchev–Trinajstić information content (AvgIpc) is 2.41. The summed E-state index contributed by atoms with van der Waals surface area (Å²) in [6.07, 6.45) is 4.65. The smallest absolute Gasteiger partial charge is 0.236 e. The van der Waals surface area contributed by atoms with Gasteiger partial charge in [0.05, 0.1) is 19.3 Å². The van der Waals surface area contributed by atoms with E-state index in [9.17, 15) is 4.79 Å². The van der Waals surface area contributed by atoms with Crippen LogP contribution in [0.2, 0.25) is 0 Å². The van der Waals surface area contributed by atoms with E-state index in [1.165, 1.54) is 6.42 Å². The van der Waals surface area contributed by atoms with Gasteiger partial charge in [0.15, 0.2) is 0 Å². The molecule has 1 atom stereocenters. The van der Waals surface area contributed by atoms with Gasteiger partial charge in [0.2, 0.25) is 5.91 Å². The number of piperidine rings is 1. The molecule has 0 aromatic heterocycles. The number of carbonyl (C=O) groups is 1. The van der Waals surface area contributed by atoms with E-state index in [0.29, 0.717) is 13.3 Å². The maximum atomic E-state index is 11.8. The quantitative estimate of drug-likeness (QED) is 0.773.